The van der Waals surface area contributed by atoms with E-state index in [0.29, 0.717) is 0 Å². The maximum atomic E-state index is 15.0. The second kappa shape index (κ2) is 7.79. The Morgan fingerprint density at radius 2 is 1.73 bits per heavy atom. The third-order valence-electron chi connectivity index (χ3n) is 6.48. The number of nitrogens with one attached hydrogen (secondary N) is 2. The highest BCUT2D eigenvalue weighted by Crippen LogP contribution is 2.34. The van der Waals surface area contributed by atoms with Crippen LogP contribution in [0.1, 0.15) is 59.2 Å². The van der Waals surface area contributed by atoms with Gasteiger partial charge in [0.05, 0.1) is 16.8 Å². The van der Waals surface area contributed by atoms with Gasteiger partial charge in [0, 0.05) is 25.6 Å². The van der Waals surface area contributed by atoms with E-state index in [1.165, 1.54) is 6.07 Å². The summed E-state index contributed by atoms with van der Waals surface area (Å²) < 4.78 is 15.0. The normalized spacial score (nSPS) is 26.6. The number of fused-ring (bicyclic) bond motifs is 1. The Balaban J connectivity index is 1.65. The van der Waals surface area contributed by atoms with Gasteiger partial charge in [-0.05, 0) is 38.4 Å². The molecular formula is C21H25FN4O4. The van der Waals surface area contributed by atoms with Crippen LogP contribution in [0.3, 0.4) is 0 Å². The van der Waals surface area contributed by atoms with Crippen LogP contribution in [-0.2, 0) is 9.59 Å². The number of imide groups is 2. The van der Waals surface area contributed by atoms with E-state index >= 15 is 4.39 Å². The number of amides is 4. The molecule has 0 radical (unpaired) electrons. The highest BCUT2D eigenvalue weighted by atomic mass is 19.1. The molecule has 1 aliphatic carbocycles. The highest BCUT2D eigenvalue weighted by Gasteiger charge is 2.45. The SMILES string of the molecule is CNC1CCCC[C@@H]1N(C)c1cc2c(cc1F)C(=O)N(C1CCC(=O)NC1=O)C2=O. The van der Waals surface area contributed by atoms with Gasteiger partial charge in [-0.2, -0.15) is 0 Å². The minimum atomic E-state index is -1.06. The molecule has 1 aromatic carbocycles. The van der Waals surface area contributed by atoms with Crippen molar-refractivity contribution in [1.82, 2.24) is 15.5 Å². The van der Waals surface area contributed by atoms with Crippen LogP contribution in [0.5, 0.6) is 0 Å². The van der Waals surface area contributed by atoms with E-state index in [-0.39, 0.29) is 41.7 Å². The van der Waals surface area contributed by atoms with Crippen LogP contribution in [0, 0.1) is 5.82 Å². The summed E-state index contributed by atoms with van der Waals surface area (Å²) >= 11 is 0. The molecule has 0 bridgehead atoms. The Labute approximate surface area is 173 Å². The van der Waals surface area contributed by atoms with Crippen LogP contribution in [0.2, 0.25) is 0 Å². The van der Waals surface area contributed by atoms with Crippen LogP contribution in [0.25, 0.3) is 0 Å². The number of likely N-dealkylation sites (N-methyl/N-ethyl adjacent to an activating group) is 2. The van der Waals surface area contributed by atoms with E-state index in [4.69, 9.17) is 0 Å². The first-order chi connectivity index (χ1) is 14.3. The lowest BCUT2D eigenvalue weighted by Gasteiger charge is -2.39. The summed E-state index contributed by atoms with van der Waals surface area (Å²) in [6.07, 6.45) is 4.14. The fourth-order valence-electron chi connectivity index (χ4n) is 4.84. The van der Waals surface area contributed by atoms with Gasteiger partial charge in [0.1, 0.15) is 11.9 Å². The number of halogens is 1. The fourth-order valence-corrected chi connectivity index (χ4v) is 4.84. The molecule has 0 spiro atoms. The second-order valence-corrected chi connectivity index (χ2v) is 8.15. The van der Waals surface area contributed by atoms with Gasteiger partial charge in [0.25, 0.3) is 11.8 Å². The van der Waals surface area contributed by atoms with Crippen LogP contribution in [0.4, 0.5) is 10.1 Å². The van der Waals surface area contributed by atoms with Crippen molar-refractivity contribution in [3.8, 4) is 0 Å². The predicted molar refractivity (Wildman–Crippen MR) is 107 cm³/mol. The number of nitrogens with zero attached hydrogens (tertiary/aromatic N) is 2. The number of piperidine rings is 1. The summed E-state index contributed by atoms with van der Waals surface area (Å²) in [6, 6.07) is 1.71. The van der Waals surface area contributed by atoms with Crippen LogP contribution in [0.15, 0.2) is 12.1 Å². The number of hydrogen-bond donors (Lipinski definition) is 2. The molecule has 9 heteroatoms. The van der Waals surface area contributed by atoms with Gasteiger partial charge >= 0.3 is 0 Å². The lowest BCUT2D eigenvalue weighted by Crippen LogP contribution is -2.54. The maximum absolute atomic E-state index is 15.0. The molecule has 2 aliphatic heterocycles. The first-order valence-electron chi connectivity index (χ1n) is 10.3. The Hall–Kier alpha value is -2.81. The summed E-state index contributed by atoms with van der Waals surface area (Å²) in [7, 11) is 3.68. The van der Waals surface area contributed by atoms with Gasteiger partial charge in [-0.25, -0.2) is 4.39 Å². The molecule has 1 saturated heterocycles. The fraction of sp³-hybridized carbons (Fsp3) is 0.524. The minimum Gasteiger partial charge on any atom is -0.368 e. The van der Waals surface area contributed by atoms with Crippen molar-refractivity contribution in [3.05, 3.63) is 29.1 Å². The van der Waals surface area contributed by atoms with E-state index in [2.05, 4.69) is 10.6 Å². The van der Waals surface area contributed by atoms with Gasteiger partial charge in [0.2, 0.25) is 11.8 Å². The average molecular weight is 416 g/mol. The standard InChI is InChI=1S/C21H25FN4O4/c1-23-14-5-3-4-6-15(14)25(2)17-10-12-11(9-13(17)22)20(29)26(21(12)30)16-7-8-18(27)24-19(16)28/h9-10,14-16,23H,3-8H2,1-2H3,(H,24,27,28)/t14?,15-,16?/m0/s1. The van der Waals surface area contributed by atoms with Gasteiger partial charge in [-0.1, -0.05) is 12.8 Å². The Morgan fingerprint density at radius 3 is 2.40 bits per heavy atom. The molecule has 0 aromatic heterocycles. The first-order valence-corrected chi connectivity index (χ1v) is 10.3. The van der Waals surface area contributed by atoms with Crippen LogP contribution >= 0.6 is 0 Å². The zero-order valence-electron chi connectivity index (χ0n) is 17.0. The predicted octanol–water partition coefficient (Wildman–Crippen LogP) is 1.19. The van der Waals surface area contributed by atoms with Crippen LogP contribution < -0.4 is 15.5 Å². The Bertz CT molecular complexity index is 934. The largest absolute Gasteiger partial charge is 0.368 e. The summed E-state index contributed by atoms with van der Waals surface area (Å²) in [4.78, 5) is 52.1. The van der Waals surface area contributed by atoms with E-state index in [1.54, 1.807) is 7.05 Å². The molecule has 1 aromatic rings. The summed E-state index contributed by atoms with van der Waals surface area (Å²) in [5.74, 6) is -3.04. The van der Waals surface area contributed by atoms with Crippen molar-refractivity contribution in [2.45, 2.75) is 56.7 Å². The summed E-state index contributed by atoms with van der Waals surface area (Å²) in [5.41, 5.74) is 0.296. The van der Waals surface area contributed by atoms with Gasteiger partial charge in [-0.3, -0.25) is 29.4 Å². The third-order valence-corrected chi connectivity index (χ3v) is 6.48. The molecule has 2 N–H and O–H groups in total. The molecule has 3 aliphatic rings. The molecule has 2 fully saturated rings. The van der Waals surface area contributed by atoms with E-state index < -0.39 is 35.5 Å². The topological polar surface area (TPSA) is 98.8 Å². The molecule has 1 saturated carbocycles. The number of rotatable bonds is 4. The minimum absolute atomic E-state index is 0.0409. The molecule has 4 amide bonds. The van der Waals surface area contributed by atoms with Crippen molar-refractivity contribution < 1.29 is 23.6 Å². The van der Waals surface area contributed by atoms with Gasteiger partial charge < -0.3 is 10.2 Å². The molecular weight excluding hydrogens is 391 g/mol. The molecule has 3 atom stereocenters. The summed E-state index contributed by atoms with van der Waals surface area (Å²) in [6.45, 7) is 0. The zero-order valence-corrected chi connectivity index (χ0v) is 17.0. The van der Waals surface area contributed by atoms with E-state index in [1.807, 2.05) is 11.9 Å². The van der Waals surface area contributed by atoms with Crippen molar-refractivity contribution in [2.24, 2.45) is 0 Å². The van der Waals surface area contributed by atoms with E-state index in [0.717, 1.165) is 36.6 Å². The lowest BCUT2D eigenvalue weighted by molar-refractivity contribution is -0.136. The Kier molecular flexibility index (Phi) is 5.31. The molecule has 2 heterocycles. The van der Waals surface area contributed by atoms with Crippen molar-refractivity contribution in [2.75, 3.05) is 19.0 Å². The number of anilines is 1. The smallest absolute Gasteiger partial charge is 0.262 e. The van der Waals surface area contributed by atoms with Crippen LogP contribution in [-0.4, -0.2) is 60.7 Å². The first kappa shape index (κ1) is 20.5. The number of hydrogen-bond acceptors (Lipinski definition) is 6. The van der Waals surface area contributed by atoms with Crippen molar-refractivity contribution in [1.29, 1.82) is 0 Å². The Morgan fingerprint density at radius 1 is 1.07 bits per heavy atom. The average Bonchev–Trinajstić information content (AvgIpc) is 2.96. The monoisotopic (exact) mass is 416 g/mol. The molecule has 160 valence electrons. The lowest BCUT2D eigenvalue weighted by atomic mass is 9.89. The second-order valence-electron chi connectivity index (χ2n) is 8.15. The van der Waals surface area contributed by atoms with Crippen molar-refractivity contribution in [3.63, 3.8) is 0 Å². The highest BCUT2D eigenvalue weighted by molar-refractivity contribution is 6.23. The van der Waals surface area contributed by atoms with E-state index in [9.17, 15) is 19.2 Å². The quantitative estimate of drug-likeness (QED) is 0.716. The molecule has 30 heavy (non-hydrogen) atoms. The zero-order chi connectivity index (χ0) is 21.6. The van der Waals surface area contributed by atoms with Crippen molar-refractivity contribution >= 4 is 29.3 Å². The number of benzene rings is 1. The van der Waals surface area contributed by atoms with Gasteiger partial charge in [0.15, 0.2) is 0 Å². The maximum Gasteiger partial charge on any atom is 0.262 e. The third kappa shape index (κ3) is 3.27. The number of carbonyl (C=O) groups is 4. The summed E-state index contributed by atoms with van der Waals surface area (Å²) in [5, 5.41) is 5.44. The molecule has 4 rings (SSSR count). The molecule has 8 nitrogen and oxygen atoms in total. The van der Waals surface area contributed by atoms with Gasteiger partial charge in [-0.15, -0.1) is 0 Å². The molecule has 2 unspecified atom stereocenters. The number of carbonyl (C=O) groups excluding carboxylic acids is 4.